The molecular weight excluding hydrogens is 456 g/mol. The van der Waals surface area contributed by atoms with Gasteiger partial charge in [0.1, 0.15) is 0 Å². The molecule has 0 aliphatic carbocycles. The number of nitrogens with zero attached hydrogens (tertiary/aromatic N) is 2. The van der Waals surface area contributed by atoms with Crippen LogP contribution in [0.4, 0.5) is 5.69 Å². The predicted octanol–water partition coefficient (Wildman–Crippen LogP) is 8.15. The first-order chi connectivity index (χ1) is 18.1. The van der Waals surface area contributed by atoms with Crippen molar-refractivity contribution in [2.45, 2.75) is 26.2 Å². The van der Waals surface area contributed by atoms with Crippen molar-refractivity contribution >= 4 is 33.5 Å². The van der Waals surface area contributed by atoms with Gasteiger partial charge < -0.3 is 9.64 Å². The normalized spacial score (nSPS) is 10.6. The molecule has 0 aliphatic heterocycles. The van der Waals surface area contributed by atoms with Crippen LogP contribution in [0.15, 0.2) is 103 Å². The van der Waals surface area contributed by atoms with Crippen LogP contribution in [0.2, 0.25) is 0 Å². The van der Waals surface area contributed by atoms with Crippen LogP contribution in [0.25, 0.3) is 32.9 Å². The smallest absolute Gasteiger partial charge is 0.338 e. The second kappa shape index (κ2) is 12.7. The third-order valence-electron chi connectivity index (χ3n) is 6.25. The lowest BCUT2D eigenvalue weighted by Crippen LogP contribution is -2.10. The van der Waals surface area contributed by atoms with Crippen LogP contribution in [0.5, 0.6) is 0 Å². The van der Waals surface area contributed by atoms with Crippen LogP contribution >= 0.6 is 0 Å². The van der Waals surface area contributed by atoms with Gasteiger partial charge in [-0.25, -0.2) is 9.78 Å². The van der Waals surface area contributed by atoms with E-state index in [-0.39, 0.29) is 5.97 Å². The van der Waals surface area contributed by atoms with Gasteiger partial charge in [-0.3, -0.25) is 0 Å². The van der Waals surface area contributed by atoms with Crippen molar-refractivity contribution in [3.63, 3.8) is 0 Å². The van der Waals surface area contributed by atoms with Gasteiger partial charge >= 0.3 is 5.97 Å². The number of esters is 1. The van der Waals surface area contributed by atoms with Gasteiger partial charge in [-0.15, -0.1) is 0 Å². The predicted molar refractivity (Wildman–Crippen MR) is 155 cm³/mol. The lowest BCUT2D eigenvalue weighted by Gasteiger charge is -2.12. The zero-order valence-electron chi connectivity index (χ0n) is 21.9. The minimum atomic E-state index is -0.230. The van der Waals surface area contributed by atoms with Crippen LogP contribution in [-0.4, -0.2) is 31.7 Å². The number of benzene rings is 4. The van der Waals surface area contributed by atoms with E-state index in [9.17, 15) is 4.79 Å². The number of unbranched alkanes of at least 4 members (excludes halogenated alkanes) is 2. The second-order valence-electron chi connectivity index (χ2n) is 9.17. The molecule has 0 aliphatic rings. The molecule has 0 spiro atoms. The standard InChI is InChI=1S/C19H13N.C14H21NO2/c1-2-8-14(9-3-1)19-15-10-4-6-12-17(15)20-18-13-7-5-11-16(18)19;1-4-5-6-11-17-14(16)12-7-9-13(10-8-12)15(2)3/h1-13H;7-10H,4-6,11H2,1-3H3. The Morgan fingerprint density at radius 3 is 1.86 bits per heavy atom. The van der Waals surface area contributed by atoms with Gasteiger partial charge in [0.2, 0.25) is 0 Å². The summed E-state index contributed by atoms with van der Waals surface area (Å²) < 4.78 is 5.18. The fourth-order valence-corrected chi connectivity index (χ4v) is 4.25. The molecule has 4 heteroatoms. The van der Waals surface area contributed by atoms with Gasteiger partial charge in [0.05, 0.1) is 23.2 Å². The largest absolute Gasteiger partial charge is 0.462 e. The van der Waals surface area contributed by atoms with E-state index in [1.807, 2.05) is 43.3 Å². The first-order valence-electron chi connectivity index (χ1n) is 12.9. The van der Waals surface area contributed by atoms with E-state index in [0.29, 0.717) is 12.2 Å². The van der Waals surface area contributed by atoms with Crippen LogP contribution < -0.4 is 4.90 Å². The third kappa shape index (κ3) is 6.53. The molecule has 4 aromatic carbocycles. The Hall–Kier alpha value is -4.18. The Morgan fingerprint density at radius 2 is 1.30 bits per heavy atom. The summed E-state index contributed by atoms with van der Waals surface area (Å²) in [5.74, 6) is -0.230. The first-order valence-corrected chi connectivity index (χ1v) is 12.9. The van der Waals surface area contributed by atoms with Gasteiger partial charge in [-0.1, -0.05) is 86.5 Å². The number of rotatable bonds is 7. The quantitative estimate of drug-likeness (QED) is 0.131. The number of hydrogen-bond donors (Lipinski definition) is 0. The zero-order valence-corrected chi connectivity index (χ0v) is 21.9. The molecule has 0 saturated heterocycles. The van der Waals surface area contributed by atoms with E-state index in [4.69, 9.17) is 9.72 Å². The molecule has 0 atom stereocenters. The summed E-state index contributed by atoms with van der Waals surface area (Å²) in [6, 6.07) is 34.7. The molecule has 0 bridgehead atoms. The van der Waals surface area contributed by atoms with E-state index in [0.717, 1.165) is 36.0 Å². The Balaban J connectivity index is 0.000000176. The maximum Gasteiger partial charge on any atom is 0.338 e. The van der Waals surface area contributed by atoms with Gasteiger partial charge in [-0.2, -0.15) is 0 Å². The molecule has 1 aromatic heterocycles. The van der Waals surface area contributed by atoms with E-state index in [1.54, 1.807) is 12.1 Å². The highest BCUT2D eigenvalue weighted by atomic mass is 16.5. The third-order valence-corrected chi connectivity index (χ3v) is 6.25. The van der Waals surface area contributed by atoms with Crippen LogP contribution in [0.3, 0.4) is 0 Å². The highest BCUT2D eigenvalue weighted by Gasteiger charge is 2.10. The summed E-state index contributed by atoms with van der Waals surface area (Å²) in [5, 5.41) is 2.41. The lowest BCUT2D eigenvalue weighted by atomic mass is 9.96. The molecule has 0 amide bonds. The SMILES string of the molecule is CCCCCOC(=O)c1ccc(N(C)C)cc1.c1ccc(-c2c3ccccc3nc3ccccc23)cc1. The second-order valence-corrected chi connectivity index (χ2v) is 9.17. The van der Waals surface area contributed by atoms with Crippen LogP contribution in [0.1, 0.15) is 36.5 Å². The van der Waals surface area contributed by atoms with Crippen LogP contribution in [0, 0.1) is 0 Å². The Kier molecular flexibility index (Phi) is 8.88. The molecule has 37 heavy (non-hydrogen) atoms. The summed E-state index contributed by atoms with van der Waals surface area (Å²) in [5.41, 5.74) is 6.30. The molecule has 188 valence electrons. The molecule has 0 fully saturated rings. The molecule has 0 saturated carbocycles. The van der Waals surface area contributed by atoms with Gasteiger partial charge in [0, 0.05) is 36.1 Å². The molecular formula is C33H34N2O2. The molecule has 0 radical (unpaired) electrons. The van der Waals surface area contributed by atoms with Gasteiger partial charge in [-0.05, 0) is 48.4 Å². The fraction of sp³-hybridized carbons (Fsp3) is 0.212. The van der Waals surface area contributed by atoms with E-state index >= 15 is 0 Å². The number of para-hydroxylation sites is 2. The molecule has 1 heterocycles. The summed E-state index contributed by atoms with van der Waals surface area (Å²) in [4.78, 5) is 18.4. The number of carbonyl (C=O) groups is 1. The Bertz CT molecular complexity index is 1390. The number of hydrogen-bond acceptors (Lipinski definition) is 4. The van der Waals surface area contributed by atoms with Crippen LogP contribution in [-0.2, 0) is 4.74 Å². The summed E-state index contributed by atoms with van der Waals surface area (Å²) in [6.45, 7) is 2.64. The Labute approximate surface area is 219 Å². The average Bonchev–Trinajstić information content (AvgIpc) is 2.94. The number of aromatic nitrogens is 1. The van der Waals surface area contributed by atoms with Crippen molar-refractivity contribution in [2.24, 2.45) is 0 Å². The van der Waals surface area contributed by atoms with Gasteiger partial charge in [0.15, 0.2) is 0 Å². The van der Waals surface area contributed by atoms with Crippen molar-refractivity contribution in [1.82, 2.24) is 4.98 Å². The van der Waals surface area contributed by atoms with Gasteiger partial charge in [0.25, 0.3) is 0 Å². The minimum Gasteiger partial charge on any atom is -0.462 e. The molecule has 4 nitrogen and oxygen atoms in total. The van der Waals surface area contributed by atoms with E-state index < -0.39 is 0 Å². The Morgan fingerprint density at radius 1 is 0.730 bits per heavy atom. The lowest BCUT2D eigenvalue weighted by molar-refractivity contribution is 0.0498. The maximum absolute atomic E-state index is 11.7. The average molecular weight is 491 g/mol. The number of anilines is 1. The summed E-state index contributed by atoms with van der Waals surface area (Å²) in [7, 11) is 3.94. The monoisotopic (exact) mass is 490 g/mol. The van der Waals surface area contributed by atoms with E-state index in [2.05, 4.69) is 73.7 Å². The van der Waals surface area contributed by atoms with E-state index in [1.165, 1.54) is 21.9 Å². The molecule has 5 rings (SSSR count). The topological polar surface area (TPSA) is 42.4 Å². The zero-order chi connectivity index (χ0) is 26.0. The van der Waals surface area contributed by atoms with Crippen molar-refractivity contribution in [2.75, 3.05) is 25.6 Å². The minimum absolute atomic E-state index is 0.230. The maximum atomic E-state index is 11.7. The fourth-order valence-electron chi connectivity index (χ4n) is 4.25. The van der Waals surface area contributed by atoms with Crippen molar-refractivity contribution in [3.8, 4) is 11.1 Å². The number of pyridine rings is 1. The van der Waals surface area contributed by atoms with Crippen molar-refractivity contribution in [3.05, 3.63) is 109 Å². The van der Waals surface area contributed by atoms with Crippen molar-refractivity contribution in [1.29, 1.82) is 0 Å². The summed E-state index contributed by atoms with van der Waals surface area (Å²) >= 11 is 0. The highest BCUT2D eigenvalue weighted by molar-refractivity contribution is 6.09. The molecule has 5 aromatic rings. The number of carbonyl (C=O) groups excluding carboxylic acids is 1. The summed E-state index contributed by atoms with van der Waals surface area (Å²) in [6.07, 6.45) is 3.18. The number of fused-ring (bicyclic) bond motifs is 2. The highest BCUT2D eigenvalue weighted by Crippen LogP contribution is 2.34. The first kappa shape index (κ1) is 25.9. The number of ether oxygens (including phenoxy) is 1. The van der Waals surface area contributed by atoms with Crippen molar-refractivity contribution < 1.29 is 9.53 Å². The molecule has 0 unspecified atom stereocenters. The molecule has 0 N–H and O–H groups in total.